The minimum atomic E-state index is -0.300. The molecule has 0 radical (unpaired) electrons. The van der Waals surface area contributed by atoms with Crippen molar-refractivity contribution >= 4 is 5.91 Å². The molecule has 1 aromatic carbocycles. The summed E-state index contributed by atoms with van der Waals surface area (Å²) in [6.45, 7) is 23.2. The molecule has 1 aromatic rings. The number of aliphatic hydroxyl groups is 1. The molecule has 0 saturated heterocycles. The fourth-order valence-electron chi connectivity index (χ4n) is 5.40. The summed E-state index contributed by atoms with van der Waals surface area (Å²) in [5.74, 6) is 0.378. The van der Waals surface area contributed by atoms with Gasteiger partial charge in [-0.2, -0.15) is 0 Å². The molecule has 0 fully saturated rings. The Labute approximate surface area is 227 Å². The van der Waals surface area contributed by atoms with Crippen LogP contribution in [-0.2, 0) is 11.2 Å². The molecule has 3 unspecified atom stereocenters. The number of carbonyl (C=O) groups is 1. The van der Waals surface area contributed by atoms with Crippen molar-refractivity contribution in [3.63, 3.8) is 0 Å². The van der Waals surface area contributed by atoms with Crippen LogP contribution in [0.15, 0.2) is 61.3 Å². The normalized spacial score (nSPS) is 22.2. The summed E-state index contributed by atoms with van der Waals surface area (Å²) >= 11 is 0. The van der Waals surface area contributed by atoms with E-state index in [0.29, 0.717) is 0 Å². The van der Waals surface area contributed by atoms with Gasteiger partial charge in [0.15, 0.2) is 0 Å². The van der Waals surface area contributed by atoms with Crippen LogP contribution in [0, 0.1) is 5.41 Å². The minimum Gasteiger partial charge on any atom is -0.396 e. The molecule has 1 aliphatic carbocycles. The monoisotopic (exact) mass is 511 g/mol. The largest absolute Gasteiger partial charge is 0.396 e. The van der Waals surface area contributed by atoms with Gasteiger partial charge >= 0.3 is 0 Å². The molecule has 0 spiro atoms. The predicted molar refractivity (Wildman–Crippen MR) is 159 cm³/mol. The van der Waals surface area contributed by atoms with E-state index in [-0.39, 0.29) is 35.4 Å². The molecule has 3 atom stereocenters. The van der Waals surface area contributed by atoms with Crippen LogP contribution in [-0.4, -0.2) is 53.7 Å². The fraction of sp³-hybridized carbons (Fsp3) is 0.594. The zero-order valence-corrected chi connectivity index (χ0v) is 24.6. The van der Waals surface area contributed by atoms with Crippen LogP contribution in [0.4, 0.5) is 0 Å². The molecule has 1 aliphatic heterocycles. The van der Waals surface area contributed by atoms with Gasteiger partial charge in [0.05, 0.1) is 0 Å². The lowest BCUT2D eigenvalue weighted by molar-refractivity contribution is -0.131. The van der Waals surface area contributed by atoms with E-state index in [2.05, 4.69) is 81.1 Å². The SMILES string of the molecule is C=C.CC.CCN(CC)C(=O)C1C=CC(C2CC(CCO)(CCNC(C)(C)C)Cc3ccccc32)=CN1. The van der Waals surface area contributed by atoms with Gasteiger partial charge in [-0.3, -0.25) is 4.79 Å². The van der Waals surface area contributed by atoms with Crippen LogP contribution >= 0.6 is 0 Å². The molecule has 208 valence electrons. The van der Waals surface area contributed by atoms with Crippen LogP contribution < -0.4 is 10.6 Å². The summed E-state index contributed by atoms with van der Waals surface area (Å²) in [4.78, 5) is 14.6. The van der Waals surface area contributed by atoms with E-state index in [1.807, 2.05) is 38.7 Å². The Morgan fingerprint density at radius 1 is 1.16 bits per heavy atom. The fourth-order valence-corrected chi connectivity index (χ4v) is 5.40. The van der Waals surface area contributed by atoms with Crippen molar-refractivity contribution < 1.29 is 9.90 Å². The topological polar surface area (TPSA) is 64.6 Å². The number of dihydropyridines is 1. The first-order valence-electron chi connectivity index (χ1n) is 14.1. The van der Waals surface area contributed by atoms with Crippen LogP contribution in [0.1, 0.15) is 84.8 Å². The highest BCUT2D eigenvalue weighted by Gasteiger charge is 2.40. The minimum absolute atomic E-state index is 0.0502. The number of amides is 1. The second-order valence-electron chi connectivity index (χ2n) is 10.7. The van der Waals surface area contributed by atoms with Gasteiger partial charge in [-0.05, 0) is 89.0 Å². The van der Waals surface area contributed by atoms with E-state index in [9.17, 15) is 9.90 Å². The average Bonchev–Trinajstić information content (AvgIpc) is 2.91. The molecule has 5 nitrogen and oxygen atoms in total. The van der Waals surface area contributed by atoms with E-state index >= 15 is 0 Å². The number of nitrogens with zero attached hydrogens (tertiary/aromatic N) is 1. The third-order valence-corrected chi connectivity index (χ3v) is 7.24. The Morgan fingerprint density at radius 2 is 1.81 bits per heavy atom. The highest BCUT2D eigenvalue weighted by molar-refractivity contribution is 5.84. The molecule has 0 saturated carbocycles. The zero-order chi connectivity index (χ0) is 28.1. The van der Waals surface area contributed by atoms with Crippen LogP contribution in [0.3, 0.4) is 0 Å². The summed E-state index contributed by atoms with van der Waals surface area (Å²) < 4.78 is 0. The Balaban J connectivity index is 0.00000163. The lowest BCUT2D eigenvalue weighted by Gasteiger charge is -2.43. The van der Waals surface area contributed by atoms with Crippen molar-refractivity contribution in [2.75, 3.05) is 26.2 Å². The molecule has 3 rings (SSSR count). The van der Waals surface area contributed by atoms with Gasteiger partial charge in [-0.1, -0.05) is 50.3 Å². The maximum atomic E-state index is 12.8. The number of hydrogen-bond acceptors (Lipinski definition) is 4. The van der Waals surface area contributed by atoms with Gasteiger partial charge < -0.3 is 20.6 Å². The highest BCUT2D eigenvalue weighted by atomic mass is 16.3. The highest BCUT2D eigenvalue weighted by Crippen LogP contribution is 2.49. The average molecular weight is 512 g/mol. The number of rotatable bonds is 9. The van der Waals surface area contributed by atoms with Gasteiger partial charge in [0, 0.05) is 37.4 Å². The summed E-state index contributed by atoms with van der Waals surface area (Å²) in [5, 5.41) is 17.0. The first-order valence-corrected chi connectivity index (χ1v) is 14.1. The molecule has 37 heavy (non-hydrogen) atoms. The Hall–Kier alpha value is -2.37. The molecule has 3 N–H and O–H groups in total. The van der Waals surface area contributed by atoms with E-state index in [1.54, 1.807) is 0 Å². The smallest absolute Gasteiger partial charge is 0.249 e. The van der Waals surface area contributed by atoms with Gasteiger partial charge in [0.25, 0.3) is 0 Å². The van der Waals surface area contributed by atoms with Crippen molar-refractivity contribution in [2.24, 2.45) is 5.41 Å². The summed E-state index contributed by atoms with van der Waals surface area (Å²) in [6.07, 6.45) is 10.0. The predicted octanol–water partition coefficient (Wildman–Crippen LogP) is 5.97. The van der Waals surface area contributed by atoms with E-state index in [1.165, 1.54) is 16.7 Å². The number of nitrogens with one attached hydrogen (secondary N) is 2. The van der Waals surface area contributed by atoms with Crippen molar-refractivity contribution in [3.05, 3.63) is 72.5 Å². The first-order chi connectivity index (χ1) is 17.7. The van der Waals surface area contributed by atoms with Gasteiger partial charge in [0.1, 0.15) is 6.04 Å². The lowest BCUT2D eigenvalue weighted by Crippen LogP contribution is -2.45. The molecule has 5 heteroatoms. The second-order valence-corrected chi connectivity index (χ2v) is 10.7. The van der Waals surface area contributed by atoms with E-state index in [4.69, 9.17) is 0 Å². The molecule has 0 bridgehead atoms. The zero-order valence-electron chi connectivity index (χ0n) is 24.6. The number of allylic oxidation sites excluding steroid dienone is 2. The van der Waals surface area contributed by atoms with Crippen LogP contribution in [0.5, 0.6) is 0 Å². The standard InChI is InChI=1S/C28H43N3O2.C2H6.C2H4/c1-6-31(7-2)26(33)25-13-12-22(20-29-25)24-19-28(15-17-32,14-16-30-27(3,4)5)18-21-10-8-9-11-23(21)24;2*1-2/h8-13,20,24-25,29-30,32H,6-7,14-19H2,1-5H3;1-2H3;1-2H2. The number of hydrogen-bond donors (Lipinski definition) is 3. The third kappa shape index (κ3) is 9.15. The number of carbonyl (C=O) groups excluding carboxylic acids is 1. The molecule has 2 aliphatic rings. The third-order valence-electron chi connectivity index (χ3n) is 7.24. The molecule has 1 heterocycles. The van der Waals surface area contributed by atoms with E-state index in [0.717, 1.165) is 45.3 Å². The Bertz CT molecular complexity index is 882. The van der Waals surface area contributed by atoms with Gasteiger partial charge in [-0.25, -0.2) is 0 Å². The first kappa shape index (κ1) is 32.7. The van der Waals surface area contributed by atoms with Gasteiger partial charge in [0.2, 0.25) is 5.91 Å². The van der Waals surface area contributed by atoms with Crippen molar-refractivity contribution in [3.8, 4) is 0 Å². The maximum Gasteiger partial charge on any atom is 0.249 e. The summed E-state index contributed by atoms with van der Waals surface area (Å²) in [6, 6.07) is 8.45. The summed E-state index contributed by atoms with van der Waals surface area (Å²) in [7, 11) is 0. The van der Waals surface area contributed by atoms with Gasteiger partial charge in [-0.15, -0.1) is 13.2 Å². The Kier molecular flexibility index (Phi) is 13.9. The second kappa shape index (κ2) is 15.8. The number of aliphatic hydroxyl groups excluding tert-OH is 1. The van der Waals surface area contributed by atoms with Crippen molar-refractivity contribution in [2.45, 2.75) is 91.6 Å². The maximum absolute atomic E-state index is 12.8. The quantitative estimate of drug-likeness (QED) is 0.357. The van der Waals surface area contributed by atoms with E-state index < -0.39 is 0 Å². The van der Waals surface area contributed by atoms with Crippen LogP contribution in [0.25, 0.3) is 0 Å². The van der Waals surface area contributed by atoms with Crippen LogP contribution in [0.2, 0.25) is 0 Å². The number of fused-ring (bicyclic) bond motifs is 1. The number of benzene rings is 1. The summed E-state index contributed by atoms with van der Waals surface area (Å²) in [5.41, 5.74) is 4.11. The molecule has 1 amide bonds. The van der Waals surface area contributed by atoms with Crippen molar-refractivity contribution in [1.29, 1.82) is 0 Å². The molecule has 0 aromatic heterocycles. The lowest BCUT2D eigenvalue weighted by atomic mass is 9.62. The van der Waals surface area contributed by atoms with Crippen molar-refractivity contribution in [1.82, 2.24) is 15.5 Å². The number of likely N-dealkylation sites (N-methyl/N-ethyl adjacent to an activating group) is 1. The Morgan fingerprint density at radius 3 is 2.35 bits per heavy atom. The molecular formula is C32H53N3O2. The molecular weight excluding hydrogens is 458 g/mol.